The van der Waals surface area contributed by atoms with E-state index in [-0.39, 0.29) is 5.91 Å². The first-order chi connectivity index (χ1) is 14.4. The van der Waals surface area contributed by atoms with Gasteiger partial charge in [0.15, 0.2) is 0 Å². The van der Waals surface area contributed by atoms with Gasteiger partial charge in [0, 0.05) is 37.0 Å². The van der Waals surface area contributed by atoms with E-state index in [2.05, 4.69) is 4.90 Å². The van der Waals surface area contributed by atoms with Gasteiger partial charge in [0.25, 0.3) is 0 Å². The summed E-state index contributed by atoms with van der Waals surface area (Å²) in [4.78, 5) is 21.2. The van der Waals surface area contributed by atoms with Gasteiger partial charge in [0.05, 0.1) is 38.6 Å². The van der Waals surface area contributed by atoms with E-state index in [1.54, 1.807) is 16.2 Å². The maximum Gasteiger partial charge on any atom is 0.222 e. The van der Waals surface area contributed by atoms with Crippen molar-refractivity contribution in [1.29, 1.82) is 0 Å². The molecule has 0 aliphatic carbocycles. The molecule has 1 fully saturated rings. The second kappa shape index (κ2) is 11.1. The molecule has 2 heterocycles. The van der Waals surface area contributed by atoms with Crippen molar-refractivity contribution in [3.8, 4) is 5.75 Å². The minimum absolute atomic E-state index is 0.102. The normalized spacial score (nSPS) is 14.7. The van der Waals surface area contributed by atoms with E-state index in [0.717, 1.165) is 65.4 Å². The zero-order chi connectivity index (χ0) is 21.5. The molecule has 0 bridgehead atoms. The number of thiazole rings is 1. The lowest BCUT2D eigenvalue weighted by Gasteiger charge is -2.25. The number of hydrogen-bond acceptors (Lipinski definition) is 6. The fraction of sp³-hybridized carbons (Fsp3) is 0.545. The number of benzene rings is 1. The Labute approximate surface area is 187 Å². The molecule has 1 amide bonds. The number of morpholine rings is 1. The van der Waals surface area contributed by atoms with Crippen LogP contribution in [0.2, 0.25) is 5.02 Å². The fourth-order valence-corrected chi connectivity index (χ4v) is 4.31. The van der Waals surface area contributed by atoms with E-state index < -0.39 is 0 Å². The number of carbonyl (C=O) groups is 1. The van der Waals surface area contributed by atoms with Gasteiger partial charge < -0.3 is 14.4 Å². The smallest absolute Gasteiger partial charge is 0.222 e. The summed E-state index contributed by atoms with van der Waals surface area (Å²) < 4.78 is 11.2. The second-order valence-electron chi connectivity index (χ2n) is 7.69. The number of halogens is 1. The van der Waals surface area contributed by atoms with Crippen molar-refractivity contribution in [2.75, 3.05) is 40.0 Å². The van der Waals surface area contributed by atoms with Gasteiger partial charge in [-0.3, -0.25) is 9.69 Å². The van der Waals surface area contributed by atoms with Crippen LogP contribution >= 0.6 is 22.9 Å². The van der Waals surface area contributed by atoms with Crippen LogP contribution in [-0.2, 0) is 22.6 Å². The highest BCUT2D eigenvalue weighted by Gasteiger charge is 2.15. The van der Waals surface area contributed by atoms with Crippen LogP contribution in [0.25, 0.3) is 0 Å². The third kappa shape index (κ3) is 6.67. The molecule has 1 aromatic heterocycles. The summed E-state index contributed by atoms with van der Waals surface area (Å²) >= 11 is 7.84. The van der Waals surface area contributed by atoms with Crippen molar-refractivity contribution in [2.24, 2.45) is 0 Å². The van der Waals surface area contributed by atoms with E-state index in [0.29, 0.717) is 26.0 Å². The number of nitrogens with zero attached hydrogens (tertiary/aromatic N) is 3. The minimum Gasteiger partial charge on any atom is -0.494 e. The van der Waals surface area contributed by atoms with Crippen molar-refractivity contribution in [3.63, 3.8) is 0 Å². The Balaban J connectivity index is 1.38. The van der Waals surface area contributed by atoms with Crippen LogP contribution in [-0.4, -0.2) is 60.6 Å². The topological polar surface area (TPSA) is 54.9 Å². The van der Waals surface area contributed by atoms with Gasteiger partial charge >= 0.3 is 0 Å². The van der Waals surface area contributed by atoms with Crippen molar-refractivity contribution in [3.05, 3.63) is 44.4 Å². The van der Waals surface area contributed by atoms with E-state index in [4.69, 9.17) is 26.1 Å². The van der Waals surface area contributed by atoms with Crippen molar-refractivity contribution in [2.45, 2.75) is 39.8 Å². The van der Waals surface area contributed by atoms with Crippen LogP contribution in [0.1, 0.15) is 34.7 Å². The summed E-state index contributed by atoms with van der Waals surface area (Å²) in [6.07, 6.45) is 1.12. The summed E-state index contributed by atoms with van der Waals surface area (Å²) in [6.45, 7) is 9.29. The van der Waals surface area contributed by atoms with Crippen LogP contribution in [0.5, 0.6) is 5.75 Å². The van der Waals surface area contributed by atoms with Gasteiger partial charge in [-0.05, 0) is 43.5 Å². The predicted octanol–water partition coefficient (Wildman–Crippen LogP) is 4.06. The maximum atomic E-state index is 12.4. The molecule has 0 unspecified atom stereocenters. The highest BCUT2D eigenvalue weighted by atomic mass is 35.5. The van der Waals surface area contributed by atoms with Gasteiger partial charge in [0.2, 0.25) is 5.91 Å². The van der Waals surface area contributed by atoms with Gasteiger partial charge in [-0.15, -0.1) is 11.3 Å². The summed E-state index contributed by atoms with van der Waals surface area (Å²) in [5.74, 6) is 0.898. The Morgan fingerprint density at radius 1 is 1.30 bits per heavy atom. The van der Waals surface area contributed by atoms with Gasteiger partial charge in [0.1, 0.15) is 10.8 Å². The number of aromatic nitrogens is 1. The molecule has 2 aromatic rings. The van der Waals surface area contributed by atoms with Crippen LogP contribution in [0, 0.1) is 13.8 Å². The maximum absolute atomic E-state index is 12.4. The number of rotatable bonds is 9. The fourth-order valence-electron chi connectivity index (χ4n) is 3.37. The Kier molecular flexibility index (Phi) is 8.50. The molecule has 0 N–H and O–H groups in total. The number of amides is 1. The molecule has 1 aliphatic rings. The number of aryl methyl sites for hydroxylation is 2. The molecule has 1 aliphatic heterocycles. The molecule has 164 valence electrons. The zero-order valence-electron chi connectivity index (χ0n) is 17.9. The first-order valence-corrected chi connectivity index (χ1v) is 11.5. The van der Waals surface area contributed by atoms with Crippen molar-refractivity contribution >= 4 is 28.8 Å². The first-order valence-electron chi connectivity index (χ1n) is 10.3. The second-order valence-corrected chi connectivity index (χ2v) is 9.01. The van der Waals surface area contributed by atoms with Gasteiger partial charge in [-0.1, -0.05) is 11.6 Å². The molecular weight excluding hydrogens is 422 g/mol. The number of hydrogen-bond donors (Lipinski definition) is 0. The van der Waals surface area contributed by atoms with Gasteiger partial charge in [-0.2, -0.15) is 0 Å². The molecule has 30 heavy (non-hydrogen) atoms. The largest absolute Gasteiger partial charge is 0.494 e. The Hall–Kier alpha value is -1.67. The Morgan fingerprint density at radius 3 is 2.70 bits per heavy atom. The molecule has 0 saturated carbocycles. The van der Waals surface area contributed by atoms with Crippen LogP contribution in [0.3, 0.4) is 0 Å². The van der Waals surface area contributed by atoms with E-state index in [9.17, 15) is 4.79 Å². The van der Waals surface area contributed by atoms with E-state index >= 15 is 0 Å². The highest BCUT2D eigenvalue weighted by molar-refractivity contribution is 7.09. The molecule has 6 nitrogen and oxygen atoms in total. The lowest BCUT2D eigenvalue weighted by molar-refractivity contribution is -0.130. The predicted molar refractivity (Wildman–Crippen MR) is 120 cm³/mol. The summed E-state index contributed by atoms with van der Waals surface area (Å²) in [5, 5.41) is 3.91. The standard InChI is InChI=1S/C22H30ClN3O3S/c1-16-11-19(12-17(2)22(16)23)29-8-4-5-21(27)25(3)13-18-15-30-20(24-18)14-26-6-9-28-10-7-26/h11-12,15H,4-10,13-14H2,1-3H3. The zero-order valence-corrected chi connectivity index (χ0v) is 19.5. The van der Waals surface area contributed by atoms with Crippen molar-refractivity contribution in [1.82, 2.24) is 14.8 Å². The highest BCUT2D eigenvalue weighted by Crippen LogP contribution is 2.26. The lowest BCUT2D eigenvalue weighted by atomic mass is 10.1. The Morgan fingerprint density at radius 2 is 2.00 bits per heavy atom. The first kappa shape index (κ1) is 23.0. The van der Waals surface area contributed by atoms with E-state index in [1.165, 1.54) is 0 Å². The molecule has 0 spiro atoms. The minimum atomic E-state index is 0.102. The summed E-state index contributed by atoms with van der Waals surface area (Å²) in [5.41, 5.74) is 2.94. The molecule has 1 aromatic carbocycles. The molecule has 1 saturated heterocycles. The van der Waals surface area contributed by atoms with Crippen LogP contribution < -0.4 is 4.74 Å². The molecule has 0 radical (unpaired) electrons. The summed E-state index contributed by atoms with van der Waals surface area (Å²) in [7, 11) is 1.83. The molecule has 8 heteroatoms. The lowest BCUT2D eigenvalue weighted by Crippen LogP contribution is -2.35. The molecular formula is C22H30ClN3O3S. The monoisotopic (exact) mass is 451 g/mol. The number of carbonyl (C=O) groups excluding carboxylic acids is 1. The number of ether oxygens (including phenoxy) is 2. The summed E-state index contributed by atoms with van der Waals surface area (Å²) in [6, 6.07) is 3.86. The average Bonchev–Trinajstić information content (AvgIpc) is 3.16. The van der Waals surface area contributed by atoms with E-state index in [1.807, 2.05) is 38.4 Å². The van der Waals surface area contributed by atoms with Crippen molar-refractivity contribution < 1.29 is 14.3 Å². The third-order valence-corrected chi connectivity index (χ3v) is 6.58. The molecule has 3 rings (SSSR count). The molecule has 0 atom stereocenters. The average molecular weight is 452 g/mol. The van der Waals surface area contributed by atoms with Crippen LogP contribution in [0.4, 0.5) is 0 Å². The third-order valence-electron chi connectivity index (χ3n) is 5.10. The SMILES string of the molecule is Cc1cc(OCCCC(=O)N(C)Cc2csc(CN3CCOCC3)n2)cc(C)c1Cl. The Bertz CT molecular complexity index is 829. The van der Waals surface area contributed by atoms with Gasteiger partial charge in [-0.25, -0.2) is 4.98 Å². The quantitative estimate of drug-likeness (QED) is 0.538. The van der Waals surface area contributed by atoms with Crippen LogP contribution in [0.15, 0.2) is 17.5 Å².